The minimum atomic E-state index is -3.79. The first-order chi connectivity index (χ1) is 21.4. The minimum Gasteiger partial charge on any atom is -0.508 e. The molecule has 0 aliphatic heterocycles. The summed E-state index contributed by atoms with van der Waals surface area (Å²) in [6.45, 7) is 13.7. The number of hydrogen-bond donors (Lipinski definition) is 2. The first-order valence-corrected chi connectivity index (χ1v) is 17.5. The van der Waals surface area contributed by atoms with Crippen LogP contribution in [0.25, 0.3) is 10.8 Å². The molecule has 0 aliphatic rings. The fourth-order valence-corrected chi connectivity index (χ4v) is 7.12. The first kappa shape index (κ1) is 34.1. The Morgan fingerprint density at radius 1 is 0.911 bits per heavy atom. The van der Waals surface area contributed by atoms with Gasteiger partial charge in [0, 0.05) is 5.39 Å². The number of phenolic OH excluding ortho intramolecular Hbond substituents is 1. The average molecular weight is 632 g/mol. The van der Waals surface area contributed by atoms with E-state index in [1.807, 2.05) is 82.3 Å². The van der Waals surface area contributed by atoms with Crippen LogP contribution in [-0.4, -0.2) is 29.6 Å². The van der Waals surface area contributed by atoms with Crippen LogP contribution >= 0.6 is 7.52 Å². The quantitative estimate of drug-likeness (QED) is 0.106. The van der Waals surface area contributed by atoms with Gasteiger partial charge in [0.25, 0.3) is 0 Å². The van der Waals surface area contributed by atoms with Gasteiger partial charge in [-0.15, -0.1) is 0 Å². The molecule has 240 valence electrons. The lowest BCUT2D eigenvalue weighted by atomic mass is 9.93. The molecular formula is C37H46NO6P. The molecule has 0 aliphatic carbocycles. The van der Waals surface area contributed by atoms with E-state index in [-0.39, 0.29) is 18.4 Å². The standard InChI is InChI=1S/C37H46NO6P/c1-8-30(9-2)43-37(40)27(7)38-45(41,44-36-16-12-14-29-13-10-11-15-32(29)36)23-42-31-19-25(5)34(26(6)20-31)22-28-17-18-35(39)33(21-28)24(3)4/h10-21,24,27,30,39H,8-9,22-23H2,1-7H3,(H,38,41)/t27-,45+/m0/s1. The Bertz CT molecular complexity index is 1650. The summed E-state index contributed by atoms with van der Waals surface area (Å²) in [6.07, 6.45) is 1.59. The predicted octanol–water partition coefficient (Wildman–Crippen LogP) is 9.19. The van der Waals surface area contributed by atoms with Crippen LogP contribution in [0, 0.1) is 13.8 Å². The van der Waals surface area contributed by atoms with Gasteiger partial charge in [-0.2, -0.15) is 0 Å². The van der Waals surface area contributed by atoms with Crippen LogP contribution in [0.4, 0.5) is 0 Å². The number of hydrogen-bond acceptors (Lipinski definition) is 6. The molecule has 0 aromatic heterocycles. The van der Waals surface area contributed by atoms with E-state index >= 15 is 0 Å². The highest BCUT2D eigenvalue weighted by molar-refractivity contribution is 7.57. The van der Waals surface area contributed by atoms with E-state index in [0.717, 1.165) is 38.6 Å². The topological polar surface area (TPSA) is 94.1 Å². The van der Waals surface area contributed by atoms with Crippen LogP contribution in [0.3, 0.4) is 0 Å². The van der Waals surface area contributed by atoms with Crippen molar-refractivity contribution in [3.8, 4) is 17.2 Å². The number of nitrogens with one attached hydrogen (secondary N) is 1. The van der Waals surface area contributed by atoms with E-state index in [2.05, 4.69) is 25.0 Å². The average Bonchev–Trinajstić information content (AvgIpc) is 3.01. The summed E-state index contributed by atoms with van der Waals surface area (Å²) in [5.41, 5.74) is 5.26. The Hall–Kier alpha value is -3.80. The summed E-state index contributed by atoms with van der Waals surface area (Å²) >= 11 is 0. The van der Waals surface area contributed by atoms with Crippen LogP contribution in [0.2, 0.25) is 0 Å². The number of carbonyl (C=O) groups is 1. The first-order valence-electron chi connectivity index (χ1n) is 15.7. The highest BCUT2D eigenvalue weighted by Crippen LogP contribution is 2.46. The van der Waals surface area contributed by atoms with E-state index in [0.29, 0.717) is 36.5 Å². The molecule has 2 N–H and O–H groups in total. The molecule has 2 atom stereocenters. The second-order valence-corrected chi connectivity index (χ2v) is 14.0. The second-order valence-electron chi connectivity index (χ2n) is 12.0. The molecule has 45 heavy (non-hydrogen) atoms. The molecule has 8 heteroatoms. The predicted molar refractivity (Wildman–Crippen MR) is 182 cm³/mol. The summed E-state index contributed by atoms with van der Waals surface area (Å²) in [7, 11) is -3.79. The zero-order valence-corrected chi connectivity index (χ0v) is 28.3. The lowest BCUT2D eigenvalue weighted by molar-refractivity contribution is -0.151. The van der Waals surface area contributed by atoms with Gasteiger partial charge >= 0.3 is 13.5 Å². The highest BCUT2D eigenvalue weighted by Gasteiger charge is 2.33. The number of carbonyl (C=O) groups excluding carboxylic acids is 1. The van der Waals surface area contributed by atoms with Crippen LogP contribution in [-0.2, 0) is 20.5 Å². The minimum absolute atomic E-state index is 0.209. The maximum atomic E-state index is 14.4. The summed E-state index contributed by atoms with van der Waals surface area (Å²) in [5, 5.41) is 14.9. The summed E-state index contributed by atoms with van der Waals surface area (Å²) in [5.74, 6) is 1.03. The number of aromatic hydroxyl groups is 1. The zero-order chi connectivity index (χ0) is 32.7. The Labute approximate surface area is 267 Å². The molecule has 0 saturated carbocycles. The molecule has 0 unspecified atom stereocenters. The normalized spacial score (nSPS) is 13.5. The van der Waals surface area contributed by atoms with Crippen molar-refractivity contribution in [2.45, 2.75) is 85.8 Å². The number of phenols is 1. The lowest BCUT2D eigenvalue weighted by Crippen LogP contribution is -2.37. The Morgan fingerprint density at radius 2 is 1.58 bits per heavy atom. The Kier molecular flexibility index (Phi) is 11.4. The largest absolute Gasteiger partial charge is 0.508 e. The van der Waals surface area contributed by atoms with Crippen LogP contribution in [0.5, 0.6) is 17.2 Å². The highest BCUT2D eigenvalue weighted by atomic mass is 31.2. The molecule has 0 heterocycles. The van der Waals surface area contributed by atoms with Crippen LogP contribution in [0.15, 0.2) is 72.8 Å². The third-order valence-electron chi connectivity index (χ3n) is 8.10. The van der Waals surface area contributed by atoms with Crippen molar-refractivity contribution in [1.82, 2.24) is 5.09 Å². The SMILES string of the molecule is CCC(CC)OC(=O)[C@H](C)N[P@@](=O)(COc1cc(C)c(Cc2ccc(O)c(C(C)C)c2)c(C)c1)Oc1cccc2ccccc12. The van der Waals surface area contributed by atoms with Gasteiger partial charge in [-0.3, -0.25) is 9.36 Å². The molecule has 0 fully saturated rings. The number of benzene rings is 4. The third-order valence-corrected chi connectivity index (χ3v) is 9.84. The fraction of sp³-hybridized carbons (Fsp3) is 0.378. The Morgan fingerprint density at radius 3 is 2.24 bits per heavy atom. The van der Waals surface area contributed by atoms with E-state index in [4.69, 9.17) is 14.0 Å². The van der Waals surface area contributed by atoms with Gasteiger partial charge < -0.3 is 19.1 Å². The maximum absolute atomic E-state index is 14.4. The van der Waals surface area contributed by atoms with E-state index in [9.17, 15) is 14.5 Å². The molecule has 4 aromatic rings. The van der Waals surface area contributed by atoms with Crippen molar-refractivity contribution in [3.05, 3.63) is 101 Å². The smallest absolute Gasteiger partial charge is 0.354 e. The molecule has 0 radical (unpaired) electrons. The molecule has 4 rings (SSSR count). The van der Waals surface area contributed by atoms with Crippen molar-refractivity contribution in [3.63, 3.8) is 0 Å². The van der Waals surface area contributed by atoms with E-state index < -0.39 is 19.5 Å². The third kappa shape index (κ3) is 8.68. The lowest BCUT2D eigenvalue weighted by Gasteiger charge is -2.25. The van der Waals surface area contributed by atoms with Crippen LogP contribution in [0.1, 0.15) is 81.2 Å². The fourth-order valence-electron chi connectivity index (χ4n) is 5.45. The molecule has 0 saturated heterocycles. The summed E-state index contributed by atoms with van der Waals surface area (Å²) in [6, 6.07) is 22.0. The number of aryl methyl sites for hydroxylation is 2. The van der Waals surface area contributed by atoms with Crippen molar-refractivity contribution < 1.29 is 28.5 Å². The van der Waals surface area contributed by atoms with Crippen molar-refractivity contribution in [1.29, 1.82) is 0 Å². The van der Waals surface area contributed by atoms with Gasteiger partial charge in [0.05, 0.1) is 0 Å². The zero-order valence-electron chi connectivity index (χ0n) is 27.4. The van der Waals surface area contributed by atoms with Gasteiger partial charge in [-0.1, -0.05) is 76.2 Å². The molecule has 0 amide bonds. The van der Waals surface area contributed by atoms with Crippen LogP contribution < -0.4 is 14.3 Å². The summed E-state index contributed by atoms with van der Waals surface area (Å²) in [4.78, 5) is 12.9. The van der Waals surface area contributed by atoms with Gasteiger partial charge in [-0.05, 0) is 103 Å². The van der Waals surface area contributed by atoms with Crippen molar-refractivity contribution in [2.24, 2.45) is 0 Å². The molecule has 0 spiro atoms. The van der Waals surface area contributed by atoms with Gasteiger partial charge in [-0.25, -0.2) is 5.09 Å². The van der Waals surface area contributed by atoms with E-state index in [1.165, 1.54) is 0 Å². The second kappa shape index (κ2) is 15.0. The molecule has 4 aromatic carbocycles. The Balaban J connectivity index is 1.58. The van der Waals surface area contributed by atoms with Gasteiger partial charge in [0.1, 0.15) is 29.4 Å². The maximum Gasteiger partial charge on any atom is 0.354 e. The van der Waals surface area contributed by atoms with Crippen molar-refractivity contribution in [2.75, 3.05) is 6.35 Å². The number of fused-ring (bicyclic) bond motifs is 1. The number of esters is 1. The van der Waals surface area contributed by atoms with E-state index in [1.54, 1.807) is 19.1 Å². The molecule has 0 bridgehead atoms. The number of rotatable bonds is 14. The molecular weight excluding hydrogens is 585 g/mol. The molecule has 7 nitrogen and oxygen atoms in total. The monoisotopic (exact) mass is 631 g/mol. The number of ether oxygens (including phenoxy) is 2. The van der Waals surface area contributed by atoms with Crippen molar-refractivity contribution >= 4 is 24.3 Å². The summed E-state index contributed by atoms with van der Waals surface area (Å²) < 4.78 is 32.4. The van der Waals surface area contributed by atoms with Gasteiger partial charge in [0.2, 0.25) is 0 Å². The van der Waals surface area contributed by atoms with Gasteiger partial charge in [0.15, 0.2) is 6.35 Å².